The van der Waals surface area contributed by atoms with Crippen LogP contribution in [0, 0.1) is 5.92 Å². The van der Waals surface area contributed by atoms with Crippen molar-refractivity contribution < 1.29 is 4.79 Å². The lowest BCUT2D eigenvalue weighted by Gasteiger charge is -2.32. The Morgan fingerprint density at radius 3 is 2.57 bits per heavy atom. The number of pyridine rings is 1. The standard InChI is InChI=1S/C22H25N5O/c28-22(25-16-20-6-7-21(24-15-20)27-13-10-23-17-27)26-11-8-19(9-12-26)14-18-4-2-1-3-5-18/h1-7,10,13,15,17,19H,8-9,11-12,14,16H2,(H,25,28). The lowest BCUT2D eigenvalue weighted by atomic mass is 9.90. The van der Waals surface area contributed by atoms with Crippen LogP contribution < -0.4 is 5.32 Å². The number of rotatable bonds is 5. The van der Waals surface area contributed by atoms with Gasteiger partial charge in [0.25, 0.3) is 0 Å². The van der Waals surface area contributed by atoms with Crippen molar-refractivity contribution in [2.24, 2.45) is 5.92 Å². The molecular weight excluding hydrogens is 350 g/mol. The summed E-state index contributed by atoms with van der Waals surface area (Å²) < 4.78 is 1.85. The molecule has 1 saturated heterocycles. The van der Waals surface area contributed by atoms with Crippen LogP contribution in [0.1, 0.15) is 24.0 Å². The highest BCUT2D eigenvalue weighted by atomic mass is 16.2. The minimum Gasteiger partial charge on any atom is -0.334 e. The van der Waals surface area contributed by atoms with Crippen LogP contribution in [-0.4, -0.2) is 38.6 Å². The van der Waals surface area contributed by atoms with E-state index in [-0.39, 0.29) is 6.03 Å². The molecule has 6 nitrogen and oxygen atoms in total. The number of aromatic nitrogens is 3. The van der Waals surface area contributed by atoms with Crippen molar-refractivity contribution >= 4 is 6.03 Å². The van der Waals surface area contributed by atoms with Gasteiger partial charge in [-0.05, 0) is 42.4 Å². The van der Waals surface area contributed by atoms with E-state index in [0.29, 0.717) is 12.5 Å². The molecule has 6 heteroatoms. The molecule has 28 heavy (non-hydrogen) atoms. The number of amides is 2. The Bertz CT molecular complexity index is 869. The fourth-order valence-electron chi connectivity index (χ4n) is 3.65. The van der Waals surface area contributed by atoms with Crippen LogP contribution in [0.25, 0.3) is 5.82 Å². The number of benzene rings is 1. The summed E-state index contributed by atoms with van der Waals surface area (Å²) in [5, 5.41) is 3.02. The van der Waals surface area contributed by atoms with Crippen LogP contribution in [-0.2, 0) is 13.0 Å². The van der Waals surface area contributed by atoms with Crippen molar-refractivity contribution in [2.45, 2.75) is 25.8 Å². The van der Waals surface area contributed by atoms with Gasteiger partial charge in [0.15, 0.2) is 0 Å². The number of nitrogens with zero attached hydrogens (tertiary/aromatic N) is 4. The maximum atomic E-state index is 12.5. The van der Waals surface area contributed by atoms with Gasteiger partial charge in [-0.3, -0.25) is 4.57 Å². The first-order valence-corrected chi connectivity index (χ1v) is 9.78. The largest absolute Gasteiger partial charge is 0.334 e. The van der Waals surface area contributed by atoms with Crippen LogP contribution in [0.5, 0.6) is 0 Å². The quantitative estimate of drug-likeness (QED) is 0.743. The summed E-state index contributed by atoms with van der Waals surface area (Å²) in [5.41, 5.74) is 2.37. The SMILES string of the molecule is O=C(NCc1ccc(-n2ccnc2)nc1)N1CCC(Cc2ccccc2)CC1. The summed E-state index contributed by atoms with van der Waals surface area (Å²) in [7, 11) is 0. The lowest BCUT2D eigenvalue weighted by molar-refractivity contribution is 0.170. The molecule has 144 valence electrons. The molecule has 1 aromatic carbocycles. The molecule has 0 aliphatic carbocycles. The van der Waals surface area contributed by atoms with Crippen molar-refractivity contribution in [1.29, 1.82) is 0 Å². The first-order valence-electron chi connectivity index (χ1n) is 9.78. The molecule has 2 amide bonds. The van der Waals surface area contributed by atoms with Gasteiger partial charge in [-0.15, -0.1) is 0 Å². The molecule has 3 aromatic rings. The summed E-state index contributed by atoms with van der Waals surface area (Å²) in [6.07, 6.45) is 10.3. The van der Waals surface area contributed by atoms with E-state index in [1.54, 1.807) is 18.7 Å². The Morgan fingerprint density at radius 1 is 1.07 bits per heavy atom. The third-order valence-corrected chi connectivity index (χ3v) is 5.29. The minimum absolute atomic E-state index is 0.0110. The molecule has 4 rings (SSSR count). The van der Waals surface area contributed by atoms with E-state index in [1.165, 1.54) is 5.56 Å². The average Bonchev–Trinajstić information content (AvgIpc) is 3.29. The Labute approximate surface area is 165 Å². The lowest BCUT2D eigenvalue weighted by Crippen LogP contribution is -2.44. The molecule has 1 N–H and O–H groups in total. The average molecular weight is 375 g/mol. The second kappa shape index (κ2) is 8.69. The van der Waals surface area contributed by atoms with Gasteiger partial charge in [-0.1, -0.05) is 36.4 Å². The monoisotopic (exact) mass is 375 g/mol. The molecule has 1 fully saturated rings. The van der Waals surface area contributed by atoms with Gasteiger partial charge in [0, 0.05) is 38.2 Å². The number of carbonyl (C=O) groups excluding carboxylic acids is 1. The van der Waals surface area contributed by atoms with E-state index in [4.69, 9.17) is 0 Å². The predicted molar refractivity (Wildman–Crippen MR) is 108 cm³/mol. The molecule has 3 heterocycles. The minimum atomic E-state index is 0.0110. The number of nitrogens with one attached hydrogen (secondary N) is 1. The second-order valence-electron chi connectivity index (χ2n) is 7.27. The van der Waals surface area contributed by atoms with Crippen molar-refractivity contribution in [1.82, 2.24) is 24.8 Å². The summed E-state index contributed by atoms with van der Waals surface area (Å²) in [6.45, 7) is 2.13. The first kappa shape index (κ1) is 18.2. The van der Waals surface area contributed by atoms with Gasteiger partial charge in [0.2, 0.25) is 0 Å². The fraction of sp³-hybridized carbons (Fsp3) is 0.318. The van der Waals surface area contributed by atoms with Gasteiger partial charge >= 0.3 is 6.03 Å². The highest BCUT2D eigenvalue weighted by Gasteiger charge is 2.22. The molecule has 0 bridgehead atoms. The molecular formula is C22H25N5O. The molecule has 1 aliphatic heterocycles. The normalized spacial score (nSPS) is 14.8. The maximum Gasteiger partial charge on any atom is 0.317 e. The fourth-order valence-corrected chi connectivity index (χ4v) is 3.65. The zero-order valence-electron chi connectivity index (χ0n) is 15.9. The maximum absolute atomic E-state index is 12.5. The number of imidazole rings is 1. The second-order valence-corrected chi connectivity index (χ2v) is 7.27. The highest BCUT2D eigenvalue weighted by molar-refractivity contribution is 5.74. The van der Waals surface area contributed by atoms with Crippen LogP contribution in [0.4, 0.5) is 4.79 Å². The van der Waals surface area contributed by atoms with Crippen molar-refractivity contribution in [3.63, 3.8) is 0 Å². The van der Waals surface area contributed by atoms with Gasteiger partial charge in [0.05, 0.1) is 0 Å². The molecule has 1 aliphatic rings. The van der Waals surface area contributed by atoms with Gasteiger partial charge in [0.1, 0.15) is 12.1 Å². The predicted octanol–water partition coefficient (Wildman–Crippen LogP) is 3.43. The number of urea groups is 1. The van der Waals surface area contributed by atoms with E-state index in [0.717, 1.165) is 43.7 Å². The third kappa shape index (κ3) is 4.57. The summed E-state index contributed by atoms with van der Waals surface area (Å²) in [4.78, 5) is 22.8. The van der Waals surface area contributed by atoms with E-state index in [2.05, 4.69) is 45.6 Å². The van der Waals surface area contributed by atoms with E-state index in [1.807, 2.05) is 27.8 Å². The topological polar surface area (TPSA) is 63.1 Å². The Kier molecular flexibility index (Phi) is 5.66. The van der Waals surface area contributed by atoms with Crippen LogP contribution in [0.2, 0.25) is 0 Å². The third-order valence-electron chi connectivity index (χ3n) is 5.29. The van der Waals surface area contributed by atoms with Crippen LogP contribution in [0.3, 0.4) is 0 Å². The molecule has 0 saturated carbocycles. The molecule has 0 radical (unpaired) electrons. The number of likely N-dealkylation sites (tertiary alicyclic amines) is 1. The Hall–Kier alpha value is -3.15. The zero-order valence-corrected chi connectivity index (χ0v) is 15.9. The Balaban J connectivity index is 1.22. The number of hydrogen-bond donors (Lipinski definition) is 1. The van der Waals surface area contributed by atoms with Crippen molar-refractivity contribution in [2.75, 3.05) is 13.1 Å². The van der Waals surface area contributed by atoms with E-state index < -0.39 is 0 Å². The van der Waals surface area contributed by atoms with E-state index in [9.17, 15) is 4.79 Å². The summed E-state index contributed by atoms with van der Waals surface area (Å²) >= 11 is 0. The van der Waals surface area contributed by atoms with Gasteiger partial charge in [-0.2, -0.15) is 0 Å². The Morgan fingerprint density at radius 2 is 1.89 bits per heavy atom. The molecule has 0 spiro atoms. The number of hydrogen-bond acceptors (Lipinski definition) is 3. The van der Waals surface area contributed by atoms with Crippen LogP contribution >= 0.6 is 0 Å². The number of carbonyl (C=O) groups is 1. The van der Waals surface area contributed by atoms with Gasteiger partial charge < -0.3 is 10.2 Å². The van der Waals surface area contributed by atoms with Gasteiger partial charge in [-0.25, -0.2) is 14.8 Å². The van der Waals surface area contributed by atoms with Crippen molar-refractivity contribution in [3.05, 3.63) is 78.5 Å². The van der Waals surface area contributed by atoms with Crippen molar-refractivity contribution in [3.8, 4) is 5.82 Å². The molecule has 0 atom stereocenters. The first-order chi connectivity index (χ1) is 13.8. The highest BCUT2D eigenvalue weighted by Crippen LogP contribution is 2.21. The molecule has 2 aromatic heterocycles. The number of piperidine rings is 1. The summed E-state index contributed by atoms with van der Waals surface area (Å²) in [6, 6.07) is 14.5. The zero-order chi connectivity index (χ0) is 19.2. The van der Waals surface area contributed by atoms with Crippen LogP contribution in [0.15, 0.2) is 67.4 Å². The summed E-state index contributed by atoms with van der Waals surface area (Å²) in [5.74, 6) is 1.47. The molecule has 0 unspecified atom stereocenters. The van der Waals surface area contributed by atoms with E-state index >= 15 is 0 Å². The smallest absolute Gasteiger partial charge is 0.317 e.